The Morgan fingerprint density at radius 3 is 2.37 bits per heavy atom. The molecule has 5 nitrogen and oxygen atoms in total. The largest absolute Gasteiger partial charge is 0.478 e. The number of aromatic carboxylic acids is 1. The second-order valence-corrected chi connectivity index (χ2v) is 5.67. The van der Waals surface area contributed by atoms with Crippen molar-refractivity contribution >= 4 is 17.6 Å². The first kappa shape index (κ1) is 15.2. The van der Waals surface area contributed by atoms with Gasteiger partial charge in [0.25, 0.3) is 0 Å². The SMILES string of the molecule is Cc1ccc(C(=O)O)cc1NC(=O)C(N)C(C)(C)C. The first-order valence-corrected chi connectivity index (χ1v) is 6.03. The Morgan fingerprint density at radius 1 is 1.32 bits per heavy atom. The Balaban J connectivity index is 2.96. The van der Waals surface area contributed by atoms with Gasteiger partial charge in [0.15, 0.2) is 0 Å². The molecular weight excluding hydrogens is 244 g/mol. The highest BCUT2D eigenvalue weighted by molar-refractivity contribution is 5.97. The number of aryl methyl sites for hydroxylation is 1. The first-order valence-electron chi connectivity index (χ1n) is 6.03. The van der Waals surface area contributed by atoms with Crippen LogP contribution in [0.1, 0.15) is 36.7 Å². The second kappa shape index (κ2) is 5.40. The summed E-state index contributed by atoms with van der Waals surface area (Å²) in [7, 11) is 0. The van der Waals surface area contributed by atoms with E-state index in [4.69, 9.17) is 10.8 Å². The molecule has 0 saturated carbocycles. The number of hydrogen-bond acceptors (Lipinski definition) is 3. The molecule has 5 heteroatoms. The van der Waals surface area contributed by atoms with Crippen LogP contribution >= 0.6 is 0 Å². The van der Waals surface area contributed by atoms with Crippen molar-refractivity contribution in [3.63, 3.8) is 0 Å². The molecule has 104 valence electrons. The van der Waals surface area contributed by atoms with Crippen molar-refractivity contribution in [1.82, 2.24) is 0 Å². The molecule has 4 N–H and O–H groups in total. The van der Waals surface area contributed by atoms with Crippen molar-refractivity contribution in [3.05, 3.63) is 29.3 Å². The normalized spacial score (nSPS) is 12.9. The molecule has 1 rings (SSSR count). The van der Waals surface area contributed by atoms with Gasteiger partial charge in [-0.05, 0) is 30.0 Å². The Hall–Kier alpha value is -1.88. The van der Waals surface area contributed by atoms with Crippen LogP contribution in [0.15, 0.2) is 18.2 Å². The molecule has 0 bridgehead atoms. The van der Waals surface area contributed by atoms with Gasteiger partial charge in [-0.25, -0.2) is 4.79 Å². The van der Waals surface area contributed by atoms with Crippen LogP contribution in [0.3, 0.4) is 0 Å². The lowest BCUT2D eigenvalue weighted by Gasteiger charge is -2.26. The molecule has 0 fully saturated rings. The Kier molecular flexibility index (Phi) is 4.32. The molecular formula is C14H20N2O3. The summed E-state index contributed by atoms with van der Waals surface area (Å²) >= 11 is 0. The van der Waals surface area contributed by atoms with Gasteiger partial charge in [-0.1, -0.05) is 26.8 Å². The summed E-state index contributed by atoms with van der Waals surface area (Å²) in [6.45, 7) is 7.41. The van der Waals surface area contributed by atoms with Crippen LogP contribution in [0.2, 0.25) is 0 Å². The fraction of sp³-hybridized carbons (Fsp3) is 0.429. The lowest BCUT2D eigenvalue weighted by molar-refractivity contribution is -0.119. The summed E-state index contributed by atoms with van der Waals surface area (Å²) in [4.78, 5) is 22.9. The Bertz CT molecular complexity index is 504. The standard InChI is InChI=1S/C14H20N2O3/c1-8-5-6-9(13(18)19)7-10(8)16-12(17)11(15)14(2,3)4/h5-7,11H,15H2,1-4H3,(H,16,17)(H,18,19). The molecule has 1 aromatic carbocycles. The van der Waals surface area contributed by atoms with Gasteiger partial charge in [-0.3, -0.25) is 4.79 Å². The molecule has 0 aliphatic carbocycles. The van der Waals surface area contributed by atoms with E-state index in [2.05, 4.69) is 5.32 Å². The summed E-state index contributed by atoms with van der Waals surface area (Å²) in [5.74, 6) is -1.35. The fourth-order valence-corrected chi connectivity index (χ4v) is 1.49. The van der Waals surface area contributed by atoms with Crippen molar-refractivity contribution in [2.24, 2.45) is 11.1 Å². The van der Waals surface area contributed by atoms with E-state index in [1.54, 1.807) is 13.0 Å². The number of amides is 1. The van der Waals surface area contributed by atoms with E-state index < -0.39 is 12.0 Å². The third kappa shape index (κ3) is 3.79. The van der Waals surface area contributed by atoms with Crippen molar-refractivity contribution in [1.29, 1.82) is 0 Å². The summed E-state index contributed by atoms with van der Waals surface area (Å²) in [6.07, 6.45) is 0. The molecule has 1 unspecified atom stereocenters. The van der Waals surface area contributed by atoms with Gasteiger partial charge >= 0.3 is 5.97 Å². The molecule has 1 amide bonds. The van der Waals surface area contributed by atoms with E-state index in [1.807, 2.05) is 20.8 Å². The number of carbonyl (C=O) groups is 2. The summed E-state index contributed by atoms with van der Waals surface area (Å²) < 4.78 is 0. The van der Waals surface area contributed by atoms with Crippen LogP contribution in [0, 0.1) is 12.3 Å². The molecule has 0 spiro atoms. The van der Waals surface area contributed by atoms with Crippen LogP contribution < -0.4 is 11.1 Å². The fourth-order valence-electron chi connectivity index (χ4n) is 1.49. The molecule has 0 aliphatic rings. The topological polar surface area (TPSA) is 92.4 Å². The highest BCUT2D eigenvalue weighted by Gasteiger charge is 2.27. The van der Waals surface area contributed by atoms with Crippen molar-refractivity contribution < 1.29 is 14.7 Å². The number of nitrogens with two attached hydrogens (primary N) is 1. The van der Waals surface area contributed by atoms with E-state index in [0.717, 1.165) is 5.56 Å². The number of nitrogens with one attached hydrogen (secondary N) is 1. The number of carbonyl (C=O) groups excluding carboxylic acids is 1. The van der Waals surface area contributed by atoms with Crippen LogP contribution in [0.5, 0.6) is 0 Å². The molecule has 0 radical (unpaired) electrons. The molecule has 19 heavy (non-hydrogen) atoms. The number of anilines is 1. The molecule has 0 saturated heterocycles. The Labute approximate surface area is 112 Å². The highest BCUT2D eigenvalue weighted by atomic mass is 16.4. The maximum absolute atomic E-state index is 12.0. The Morgan fingerprint density at radius 2 is 1.89 bits per heavy atom. The van der Waals surface area contributed by atoms with E-state index in [-0.39, 0.29) is 16.9 Å². The van der Waals surface area contributed by atoms with Gasteiger partial charge in [0.05, 0.1) is 11.6 Å². The van der Waals surface area contributed by atoms with E-state index >= 15 is 0 Å². The predicted molar refractivity (Wildman–Crippen MR) is 74.2 cm³/mol. The maximum atomic E-state index is 12.0. The number of hydrogen-bond donors (Lipinski definition) is 3. The number of carboxylic acids is 1. The third-order valence-corrected chi connectivity index (χ3v) is 2.96. The molecule has 0 heterocycles. The number of carboxylic acid groups (broad SMARTS) is 1. The van der Waals surface area contributed by atoms with E-state index in [9.17, 15) is 9.59 Å². The summed E-state index contributed by atoms with van der Waals surface area (Å²) in [5.41, 5.74) is 6.90. The van der Waals surface area contributed by atoms with Crippen molar-refractivity contribution in [3.8, 4) is 0 Å². The van der Waals surface area contributed by atoms with Gasteiger partial charge in [0.1, 0.15) is 0 Å². The van der Waals surface area contributed by atoms with Crippen molar-refractivity contribution in [2.45, 2.75) is 33.7 Å². The van der Waals surface area contributed by atoms with Gasteiger partial charge in [-0.15, -0.1) is 0 Å². The summed E-state index contributed by atoms with van der Waals surface area (Å²) in [6, 6.07) is 3.92. The first-order chi connectivity index (χ1) is 8.62. The minimum absolute atomic E-state index is 0.130. The van der Waals surface area contributed by atoms with Gasteiger partial charge in [0.2, 0.25) is 5.91 Å². The third-order valence-electron chi connectivity index (χ3n) is 2.96. The minimum atomic E-state index is -1.03. The second-order valence-electron chi connectivity index (χ2n) is 5.67. The average Bonchev–Trinajstić information content (AvgIpc) is 2.29. The zero-order valence-electron chi connectivity index (χ0n) is 11.7. The summed E-state index contributed by atoms with van der Waals surface area (Å²) in [5, 5.41) is 11.6. The molecule has 1 aromatic rings. The zero-order chi connectivity index (χ0) is 14.8. The molecule has 1 atom stereocenters. The lowest BCUT2D eigenvalue weighted by atomic mass is 9.87. The van der Waals surface area contributed by atoms with Crippen LogP contribution in [-0.4, -0.2) is 23.0 Å². The number of rotatable bonds is 3. The van der Waals surface area contributed by atoms with E-state index in [0.29, 0.717) is 5.69 Å². The maximum Gasteiger partial charge on any atom is 0.335 e. The number of benzene rings is 1. The van der Waals surface area contributed by atoms with Crippen molar-refractivity contribution in [2.75, 3.05) is 5.32 Å². The zero-order valence-corrected chi connectivity index (χ0v) is 11.7. The average molecular weight is 264 g/mol. The monoisotopic (exact) mass is 264 g/mol. The van der Waals surface area contributed by atoms with Crippen LogP contribution in [0.4, 0.5) is 5.69 Å². The van der Waals surface area contributed by atoms with Crippen LogP contribution in [0.25, 0.3) is 0 Å². The van der Waals surface area contributed by atoms with Crippen LogP contribution in [-0.2, 0) is 4.79 Å². The van der Waals surface area contributed by atoms with E-state index in [1.165, 1.54) is 12.1 Å². The molecule has 0 aromatic heterocycles. The quantitative estimate of drug-likeness (QED) is 0.778. The predicted octanol–water partition coefficient (Wildman–Crippen LogP) is 2.01. The van der Waals surface area contributed by atoms with Gasteiger partial charge < -0.3 is 16.2 Å². The minimum Gasteiger partial charge on any atom is -0.478 e. The lowest BCUT2D eigenvalue weighted by Crippen LogP contribution is -2.45. The highest BCUT2D eigenvalue weighted by Crippen LogP contribution is 2.21. The van der Waals surface area contributed by atoms with Gasteiger partial charge in [-0.2, -0.15) is 0 Å². The van der Waals surface area contributed by atoms with Gasteiger partial charge in [0, 0.05) is 5.69 Å². The smallest absolute Gasteiger partial charge is 0.335 e. The molecule has 0 aliphatic heterocycles.